The number of thiocarbonyl (C=S) groups is 1. The number of hydrogen-bond acceptors (Lipinski definition) is 5. The molecule has 2 atom stereocenters. The summed E-state index contributed by atoms with van der Waals surface area (Å²) in [5.41, 5.74) is 3.78. The highest BCUT2D eigenvalue weighted by Crippen LogP contribution is 2.31. The molecule has 41 heavy (non-hydrogen) atoms. The van der Waals surface area contributed by atoms with Gasteiger partial charge in [0.05, 0.1) is 18.0 Å². The number of aryl methyl sites for hydroxylation is 1. The Hall–Kier alpha value is -3.93. The minimum atomic E-state index is -0.872. The number of nitrogens with one attached hydrogen (secondary N) is 2. The third kappa shape index (κ3) is 6.22. The van der Waals surface area contributed by atoms with Gasteiger partial charge in [0.1, 0.15) is 5.82 Å². The van der Waals surface area contributed by atoms with Crippen molar-refractivity contribution in [3.63, 3.8) is 0 Å². The number of rotatable bonds is 8. The molecule has 4 aromatic rings. The van der Waals surface area contributed by atoms with Crippen molar-refractivity contribution in [2.24, 2.45) is 7.05 Å². The SMILES string of the molecule is COCCN1C[C@@H](NC(=S)Nc2c(C)c(-c3ccc(=O)n(C)c3)nn2-c2ccccc2)[C@H](c2ccc(F)c(F)c2)C1. The molecule has 214 valence electrons. The summed E-state index contributed by atoms with van der Waals surface area (Å²) in [6.45, 7) is 4.51. The van der Waals surface area contributed by atoms with Crippen LogP contribution in [-0.2, 0) is 11.8 Å². The predicted octanol–water partition coefficient (Wildman–Crippen LogP) is 4.23. The van der Waals surface area contributed by atoms with Crippen LogP contribution in [0.3, 0.4) is 0 Å². The molecule has 8 nitrogen and oxygen atoms in total. The molecule has 0 bridgehead atoms. The maximum atomic E-state index is 14.2. The number of hydrogen-bond donors (Lipinski definition) is 2. The van der Waals surface area contributed by atoms with Gasteiger partial charge in [-0.05, 0) is 55.0 Å². The number of para-hydroxylation sites is 1. The molecule has 2 aromatic heterocycles. The largest absolute Gasteiger partial charge is 0.383 e. The van der Waals surface area contributed by atoms with E-state index in [4.69, 9.17) is 22.1 Å². The number of methoxy groups -OCH3 is 1. The van der Waals surface area contributed by atoms with Crippen LogP contribution in [0.15, 0.2) is 71.7 Å². The molecule has 0 spiro atoms. The Kier molecular flexibility index (Phi) is 8.57. The van der Waals surface area contributed by atoms with Crippen LogP contribution in [0, 0.1) is 18.6 Å². The number of halogens is 2. The molecule has 3 heterocycles. The summed E-state index contributed by atoms with van der Waals surface area (Å²) >= 11 is 5.80. The minimum absolute atomic E-state index is 0.107. The molecule has 0 amide bonds. The Bertz CT molecular complexity index is 1610. The standard InChI is InChI=1S/C30H32F2N6O2S/c1-19-28(21-10-12-27(39)36(2)16-21)35-38(22-7-5-4-6-8-22)29(19)34-30(41)33-26-18-37(13-14-40-3)17-23(26)20-9-11-24(31)25(32)15-20/h4-12,15-16,23,26H,13-14,17-18H2,1-3H3,(H2,33,34,41)/t23-,26+/m0/s1. The fourth-order valence-electron chi connectivity index (χ4n) is 5.23. The van der Waals surface area contributed by atoms with Gasteiger partial charge < -0.3 is 19.9 Å². The van der Waals surface area contributed by atoms with E-state index >= 15 is 0 Å². The van der Waals surface area contributed by atoms with Crippen molar-refractivity contribution in [2.45, 2.75) is 18.9 Å². The smallest absolute Gasteiger partial charge is 0.250 e. The molecule has 1 saturated heterocycles. The van der Waals surface area contributed by atoms with E-state index in [9.17, 15) is 13.6 Å². The van der Waals surface area contributed by atoms with Crippen molar-refractivity contribution in [3.8, 4) is 16.9 Å². The van der Waals surface area contributed by atoms with Crippen LogP contribution < -0.4 is 16.2 Å². The quantitative estimate of drug-likeness (QED) is 0.303. The summed E-state index contributed by atoms with van der Waals surface area (Å²) < 4.78 is 36.4. The first kappa shape index (κ1) is 28.6. The lowest BCUT2D eigenvalue weighted by atomic mass is 9.94. The Labute approximate surface area is 242 Å². The molecule has 0 saturated carbocycles. The van der Waals surface area contributed by atoms with Gasteiger partial charge in [0, 0.05) is 69.1 Å². The summed E-state index contributed by atoms with van der Waals surface area (Å²) in [4.78, 5) is 14.2. The topological polar surface area (TPSA) is 76.3 Å². The van der Waals surface area contributed by atoms with Crippen LogP contribution in [0.5, 0.6) is 0 Å². The molecule has 5 rings (SSSR count). The van der Waals surface area contributed by atoms with Crippen LogP contribution in [-0.4, -0.2) is 63.8 Å². The van der Waals surface area contributed by atoms with Crippen LogP contribution in [0.25, 0.3) is 16.9 Å². The second-order valence-electron chi connectivity index (χ2n) is 10.2. The van der Waals surface area contributed by atoms with Crippen molar-refractivity contribution in [1.29, 1.82) is 0 Å². The average molecular weight is 579 g/mol. The predicted molar refractivity (Wildman–Crippen MR) is 160 cm³/mol. The third-order valence-corrected chi connectivity index (χ3v) is 7.63. The maximum absolute atomic E-state index is 14.2. The molecular formula is C30H32F2N6O2S. The van der Waals surface area contributed by atoms with Gasteiger partial charge >= 0.3 is 0 Å². The van der Waals surface area contributed by atoms with Crippen LogP contribution in [0.1, 0.15) is 17.0 Å². The van der Waals surface area contributed by atoms with Gasteiger partial charge in [0.25, 0.3) is 0 Å². The van der Waals surface area contributed by atoms with E-state index in [1.165, 1.54) is 22.8 Å². The number of nitrogens with zero attached hydrogens (tertiary/aromatic N) is 4. The van der Waals surface area contributed by atoms with Crippen molar-refractivity contribution in [2.75, 3.05) is 38.7 Å². The van der Waals surface area contributed by atoms with Gasteiger partial charge in [-0.15, -0.1) is 0 Å². The Morgan fingerprint density at radius 3 is 2.59 bits per heavy atom. The van der Waals surface area contributed by atoms with E-state index in [2.05, 4.69) is 15.5 Å². The molecule has 1 aliphatic heterocycles. The minimum Gasteiger partial charge on any atom is -0.383 e. The van der Waals surface area contributed by atoms with Crippen LogP contribution >= 0.6 is 12.2 Å². The van der Waals surface area contributed by atoms with Gasteiger partial charge in [0.2, 0.25) is 5.56 Å². The Balaban J connectivity index is 1.44. The van der Waals surface area contributed by atoms with E-state index in [0.717, 1.165) is 16.8 Å². The van der Waals surface area contributed by atoms with Crippen molar-refractivity contribution < 1.29 is 13.5 Å². The van der Waals surface area contributed by atoms with Crippen molar-refractivity contribution >= 4 is 23.1 Å². The van der Waals surface area contributed by atoms with Crippen molar-refractivity contribution in [1.82, 2.24) is 24.6 Å². The van der Waals surface area contributed by atoms with E-state index in [1.807, 2.05) is 37.3 Å². The molecule has 2 N–H and O–H groups in total. The number of anilines is 1. The zero-order valence-electron chi connectivity index (χ0n) is 23.1. The molecule has 0 radical (unpaired) electrons. The average Bonchev–Trinajstić information content (AvgIpc) is 3.51. The van der Waals surface area contributed by atoms with Gasteiger partial charge in [-0.1, -0.05) is 24.3 Å². The Morgan fingerprint density at radius 2 is 1.88 bits per heavy atom. The second-order valence-corrected chi connectivity index (χ2v) is 10.6. The third-order valence-electron chi connectivity index (χ3n) is 7.41. The summed E-state index contributed by atoms with van der Waals surface area (Å²) in [7, 11) is 3.35. The number of likely N-dealkylation sites (tertiary alicyclic amines) is 1. The lowest BCUT2D eigenvalue weighted by Crippen LogP contribution is -2.42. The number of aromatic nitrogens is 3. The maximum Gasteiger partial charge on any atom is 0.250 e. The van der Waals surface area contributed by atoms with E-state index in [-0.39, 0.29) is 17.5 Å². The Morgan fingerprint density at radius 1 is 1.10 bits per heavy atom. The zero-order chi connectivity index (χ0) is 29.1. The van der Waals surface area contributed by atoms with Crippen LogP contribution in [0.4, 0.5) is 14.6 Å². The molecule has 1 fully saturated rings. The van der Waals surface area contributed by atoms with Gasteiger partial charge in [-0.2, -0.15) is 5.10 Å². The second kappa shape index (κ2) is 12.3. The van der Waals surface area contributed by atoms with E-state index < -0.39 is 11.6 Å². The van der Waals surface area contributed by atoms with Crippen LogP contribution in [0.2, 0.25) is 0 Å². The number of benzene rings is 2. The van der Waals surface area contributed by atoms with Gasteiger partial charge in [-0.25, -0.2) is 13.5 Å². The first-order valence-electron chi connectivity index (χ1n) is 13.3. The van der Waals surface area contributed by atoms with Gasteiger partial charge in [-0.3, -0.25) is 9.69 Å². The molecule has 0 aliphatic carbocycles. The molecule has 1 aliphatic rings. The molecular weight excluding hydrogens is 546 g/mol. The highest BCUT2D eigenvalue weighted by atomic mass is 32.1. The lowest BCUT2D eigenvalue weighted by molar-refractivity contribution is 0.159. The van der Waals surface area contributed by atoms with Gasteiger partial charge in [0.15, 0.2) is 16.7 Å². The fourth-order valence-corrected chi connectivity index (χ4v) is 5.48. The lowest BCUT2D eigenvalue weighted by Gasteiger charge is -2.23. The summed E-state index contributed by atoms with van der Waals surface area (Å²) in [5, 5.41) is 12.0. The molecule has 11 heteroatoms. The molecule has 2 aromatic carbocycles. The number of pyridine rings is 1. The van der Waals surface area contributed by atoms with Crippen molar-refractivity contribution in [3.05, 3.63) is 100.0 Å². The highest BCUT2D eigenvalue weighted by molar-refractivity contribution is 7.80. The van der Waals surface area contributed by atoms with E-state index in [0.29, 0.717) is 48.4 Å². The molecule has 0 unspecified atom stereocenters. The fraction of sp³-hybridized carbons (Fsp3) is 0.300. The zero-order valence-corrected chi connectivity index (χ0v) is 23.9. The monoisotopic (exact) mass is 578 g/mol. The summed E-state index contributed by atoms with van der Waals surface area (Å²) in [5.74, 6) is -1.19. The number of ether oxygens (including phenoxy) is 1. The normalized spacial score (nSPS) is 17.1. The first-order chi connectivity index (χ1) is 19.7. The summed E-state index contributed by atoms with van der Waals surface area (Å²) in [6, 6.07) is 16.9. The first-order valence-corrected chi connectivity index (χ1v) is 13.7. The van der Waals surface area contributed by atoms with E-state index in [1.54, 1.807) is 37.2 Å². The summed E-state index contributed by atoms with van der Waals surface area (Å²) in [6.07, 6.45) is 1.76. The highest BCUT2D eigenvalue weighted by Gasteiger charge is 2.35.